The van der Waals surface area contributed by atoms with E-state index < -0.39 is 0 Å². The lowest BCUT2D eigenvalue weighted by Gasteiger charge is -2.28. The molecule has 0 saturated carbocycles. The van der Waals surface area contributed by atoms with Gasteiger partial charge in [0.1, 0.15) is 17.1 Å². The second kappa shape index (κ2) is 9.58. The number of imidazole rings is 1. The molecule has 6 nitrogen and oxygen atoms in total. The highest BCUT2D eigenvalue weighted by Crippen LogP contribution is 2.38. The summed E-state index contributed by atoms with van der Waals surface area (Å²) in [7, 11) is 2.07. The van der Waals surface area contributed by atoms with Gasteiger partial charge in [-0.3, -0.25) is 9.38 Å². The van der Waals surface area contributed by atoms with E-state index in [1.807, 2.05) is 30.5 Å². The summed E-state index contributed by atoms with van der Waals surface area (Å²) < 4.78 is 8.85. The lowest BCUT2D eigenvalue weighted by Crippen LogP contribution is -2.25. The van der Waals surface area contributed by atoms with Gasteiger partial charge in [0.15, 0.2) is 0 Å². The third-order valence-electron chi connectivity index (χ3n) is 7.06. The van der Waals surface area contributed by atoms with E-state index in [9.17, 15) is 0 Å². The third-order valence-corrected chi connectivity index (χ3v) is 7.06. The molecule has 0 spiro atoms. The molecule has 0 saturated heterocycles. The first kappa shape index (κ1) is 24.9. The van der Waals surface area contributed by atoms with Crippen molar-refractivity contribution in [1.82, 2.24) is 19.3 Å². The van der Waals surface area contributed by atoms with Crippen LogP contribution in [0.2, 0.25) is 0 Å². The molecule has 1 aliphatic rings. The molecule has 1 aliphatic heterocycles. The van der Waals surface area contributed by atoms with Gasteiger partial charge in [-0.2, -0.15) is 0 Å². The molecule has 0 atom stereocenters. The largest absolute Gasteiger partial charge is 0.457 e. The highest BCUT2D eigenvalue weighted by Gasteiger charge is 2.31. The molecule has 0 amide bonds. The Labute approximate surface area is 220 Å². The summed E-state index contributed by atoms with van der Waals surface area (Å²) in [4.78, 5) is 14.2. The summed E-state index contributed by atoms with van der Waals surface area (Å²) >= 11 is 0. The molecule has 0 unspecified atom stereocenters. The summed E-state index contributed by atoms with van der Waals surface area (Å²) in [5.74, 6) is 2.20. The maximum absolute atomic E-state index is 6.52. The fourth-order valence-electron chi connectivity index (χ4n) is 5.11. The van der Waals surface area contributed by atoms with E-state index in [1.54, 1.807) is 0 Å². The first-order chi connectivity index (χ1) is 17.6. The van der Waals surface area contributed by atoms with Gasteiger partial charge in [-0.05, 0) is 49.9 Å². The van der Waals surface area contributed by atoms with Crippen molar-refractivity contribution in [2.24, 2.45) is 0 Å². The average molecular weight is 496 g/mol. The second-order valence-corrected chi connectivity index (χ2v) is 11.1. The molecule has 37 heavy (non-hydrogen) atoms. The molecule has 6 heteroatoms. The minimum absolute atomic E-state index is 0.316. The van der Waals surface area contributed by atoms with Crippen LogP contribution in [0, 0.1) is 0 Å². The van der Waals surface area contributed by atoms with Crippen LogP contribution in [-0.4, -0.2) is 33.0 Å². The molecule has 0 radical (unpaired) electrons. The van der Waals surface area contributed by atoms with Crippen molar-refractivity contribution in [1.29, 1.82) is 0 Å². The molecule has 0 bridgehead atoms. The van der Waals surface area contributed by atoms with Gasteiger partial charge < -0.3 is 14.5 Å². The number of aromatic nitrogens is 3. The van der Waals surface area contributed by atoms with E-state index in [4.69, 9.17) is 14.7 Å². The third kappa shape index (κ3) is 4.68. The number of fused-ring (bicyclic) bond motifs is 1. The summed E-state index contributed by atoms with van der Waals surface area (Å²) in [5, 5.41) is 0. The zero-order valence-corrected chi connectivity index (χ0v) is 22.9. The predicted octanol–water partition coefficient (Wildman–Crippen LogP) is 7.27. The highest BCUT2D eigenvalue weighted by atomic mass is 16.5. The Morgan fingerprint density at radius 1 is 0.892 bits per heavy atom. The molecule has 5 rings (SSSR count). The zero-order chi connectivity index (χ0) is 26.3. The van der Waals surface area contributed by atoms with Crippen LogP contribution in [-0.2, 0) is 5.41 Å². The van der Waals surface area contributed by atoms with Crippen molar-refractivity contribution in [2.75, 3.05) is 18.6 Å². The number of ether oxygens (including phenoxy) is 1. The van der Waals surface area contributed by atoms with Gasteiger partial charge in [0.25, 0.3) is 0 Å². The Balaban J connectivity index is 1.65. The van der Waals surface area contributed by atoms with Gasteiger partial charge in [0, 0.05) is 66.3 Å². The molecule has 0 N–H and O–H groups in total. The van der Waals surface area contributed by atoms with Gasteiger partial charge in [0.05, 0.1) is 18.1 Å². The normalized spacial score (nSPS) is 14.0. The Kier molecular flexibility index (Phi) is 6.44. The fraction of sp³-hybridized carbons (Fsp3) is 0.355. The molecule has 1 aromatic carbocycles. The van der Waals surface area contributed by atoms with E-state index >= 15 is 0 Å². The Morgan fingerprint density at radius 3 is 2.35 bits per heavy atom. The molecule has 3 aromatic heterocycles. The van der Waals surface area contributed by atoms with Crippen molar-refractivity contribution in [3.05, 3.63) is 96.0 Å². The number of hydrogen-bond acceptors (Lipinski definition) is 5. The second-order valence-electron chi connectivity index (χ2n) is 11.1. The molecule has 0 aliphatic carbocycles. The van der Waals surface area contributed by atoms with Crippen molar-refractivity contribution < 1.29 is 4.74 Å². The standard InChI is InChI=1S/C31H37N5O/c1-21(2)29-30(22(3)4)36-27(31(5,6)26-13-8-9-14-32-26)18-25(19-28(36)33-29)37-24-12-10-11-23(17-24)35-16-15-34(7)20-35/h8-19,21-22H,20H2,1-7H3. The first-order valence-corrected chi connectivity index (χ1v) is 13.1. The maximum Gasteiger partial charge on any atom is 0.141 e. The van der Waals surface area contributed by atoms with E-state index in [0.717, 1.165) is 46.6 Å². The number of anilines is 1. The monoisotopic (exact) mass is 495 g/mol. The number of pyridine rings is 2. The van der Waals surface area contributed by atoms with Crippen LogP contribution in [0.1, 0.15) is 76.2 Å². The summed E-state index contributed by atoms with van der Waals surface area (Å²) in [6.45, 7) is 14.2. The maximum atomic E-state index is 6.52. The lowest BCUT2D eigenvalue weighted by atomic mass is 9.84. The van der Waals surface area contributed by atoms with Crippen LogP contribution in [0.4, 0.5) is 5.69 Å². The predicted molar refractivity (Wildman–Crippen MR) is 150 cm³/mol. The molecular weight excluding hydrogens is 458 g/mol. The molecule has 0 fully saturated rings. The SMILES string of the molecule is CC(C)c1nc2cc(Oc3cccc(N4C=CN(C)C4)c3)cc(C(C)(C)c3ccccn3)n2c1C(C)C. The van der Waals surface area contributed by atoms with Crippen molar-refractivity contribution in [3.8, 4) is 11.5 Å². The minimum atomic E-state index is -0.371. The van der Waals surface area contributed by atoms with Crippen LogP contribution in [0.3, 0.4) is 0 Å². The minimum Gasteiger partial charge on any atom is -0.457 e. The molecule has 192 valence electrons. The molecule has 4 heterocycles. The smallest absolute Gasteiger partial charge is 0.141 e. The molecular formula is C31H37N5O. The summed E-state index contributed by atoms with van der Waals surface area (Å²) in [6, 6.07) is 18.6. The number of benzene rings is 1. The van der Waals surface area contributed by atoms with Crippen LogP contribution in [0.15, 0.2) is 73.2 Å². The lowest BCUT2D eigenvalue weighted by molar-refractivity contribution is 0.475. The highest BCUT2D eigenvalue weighted by molar-refractivity contribution is 5.57. The number of hydrogen-bond donors (Lipinski definition) is 0. The fourth-order valence-corrected chi connectivity index (χ4v) is 5.11. The van der Waals surface area contributed by atoms with E-state index in [1.165, 1.54) is 5.69 Å². The topological polar surface area (TPSA) is 45.9 Å². The Morgan fingerprint density at radius 2 is 1.70 bits per heavy atom. The Hall–Kier alpha value is -3.80. The quantitative estimate of drug-likeness (QED) is 0.270. The van der Waals surface area contributed by atoms with Crippen molar-refractivity contribution >= 4 is 11.3 Å². The van der Waals surface area contributed by atoms with E-state index in [-0.39, 0.29) is 5.41 Å². The Bertz CT molecular complexity index is 1440. The van der Waals surface area contributed by atoms with Gasteiger partial charge >= 0.3 is 0 Å². The average Bonchev–Trinajstić information content (AvgIpc) is 3.48. The van der Waals surface area contributed by atoms with Gasteiger partial charge in [0.2, 0.25) is 0 Å². The van der Waals surface area contributed by atoms with Gasteiger partial charge in [-0.25, -0.2) is 4.98 Å². The van der Waals surface area contributed by atoms with Gasteiger partial charge in [-0.1, -0.05) is 39.8 Å². The summed E-state index contributed by atoms with van der Waals surface area (Å²) in [6.07, 6.45) is 6.02. The van der Waals surface area contributed by atoms with E-state index in [0.29, 0.717) is 11.8 Å². The van der Waals surface area contributed by atoms with E-state index in [2.05, 4.69) is 106 Å². The van der Waals surface area contributed by atoms with Crippen LogP contribution < -0.4 is 9.64 Å². The first-order valence-electron chi connectivity index (χ1n) is 13.1. The van der Waals surface area contributed by atoms with Gasteiger partial charge in [-0.15, -0.1) is 0 Å². The zero-order valence-electron chi connectivity index (χ0n) is 22.9. The molecule has 4 aromatic rings. The van der Waals surface area contributed by atoms with Crippen molar-refractivity contribution in [2.45, 2.75) is 58.8 Å². The van der Waals surface area contributed by atoms with Crippen LogP contribution in [0.25, 0.3) is 5.65 Å². The van der Waals surface area contributed by atoms with Crippen molar-refractivity contribution in [3.63, 3.8) is 0 Å². The van der Waals surface area contributed by atoms with Crippen LogP contribution >= 0.6 is 0 Å². The number of rotatable bonds is 7. The van der Waals surface area contributed by atoms with Crippen LogP contribution in [0.5, 0.6) is 11.5 Å². The number of nitrogens with zero attached hydrogens (tertiary/aromatic N) is 5. The summed E-state index contributed by atoms with van der Waals surface area (Å²) in [5.41, 5.74) is 6.14.